The van der Waals surface area contributed by atoms with E-state index in [4.69, 9.17) is 9.47 Å². The van der Waals surface area contributed by atoms with Gasteiger partial charge in [0.2, 0.25) is 11.8 Å². The van der Waals surface area contributed by atoms with Crippen molar-refractivity contribution in [2.24, 2.45) is 0 Å². The van der Waals surface area contributed by atoms with Gasteiger partial charge in [-0.3, -0.25) is 9.59 Å². The summed E-state index contributed by atoms with van der Waals surface area (Å²) >= 11 is 3.48. The number of hydrogen-bond donors (Lipinski definition) is 2. The molecule has 0 aromatic heterocycles. The number of benzene rings is 1. The van der Waals surface area contributed by atoms with Crippen LogP contribution in [0.15, 0.2) is 16.6 Å². The van der Waals surface area contributed by atoms with E-state index in [1.807, 2.05) is 19.1 Å². The van der Waals surface area contributed by atoms with E-state index in [-0.39, 0.29) is 24.4 Å². The fourth-order valence-corrected chi connectivity index (χ4v) is 2.75. The van der Waals surface area contributed by atoms with E-state index >= 15 is 0 Å². The molecule has 1 aromatic rings. The summed E-state index contributed by atoms with van der Waals surface area (Å²) in [6.45, 7) is 4.62. The molecule has 0 spiro atoms. The third-order valence-electron chi connectivity index (χ3n) is 3.27. The van der Waals surface area contributed by atoms with Gasteiger partial charge in [-0.2, -0.15) is 0 Å². The molecule has 1 aliphatic heterocycles. The molecule has 0 unspecified atom stereocenters. The lowest BCUT2D eigenvalue weighted by molar-refractivity contribution is -0.126. The number of fused-ring (bicyclic) bond motifs is 1. The molecule has 0 saturated heterocycles. The van der Waals surface area contributed by atoms with Crippen LogP contribution in [0.4, 0.5) is 0 Å². The van der Waals surface area contributed by atoms with E-state index in [1.165, 1.54) is 0 Å². The molecular weight excluding hydrogens is 352 g/mol. The van der Waals surface area contributed by atoms with Crippen LogP contribution in [0.1, 0.15) is 31.9 Å². The fraction of sp³-hybridized carbons (Fsp3) is 0.467. The topological polar surface area (TPSA) is 76.7 Å². The Kier molecular flexibility index (Phi) is 5.65. The van der Waals surface area contributed by atoms with Gasteiger partial charge in [-0.25, -0.2) is 0 Å². The Morgan fingerprint density at radius 2 is 1.86 bits per heavy atom. The molecule has 2 rings (SSSR count). The zero-order chi connectivity index (χ0) is 16.1. The summed E-state index contributed by atoms with van der Waals surface area (Å²) in [5.41, 5.74) is 0.888. The van der Waals surface area contributed by atoms with Crippen molar-refractivity contribution in [2.75, 3.05) is 19.8 Å². The minimum absolute atomic E-state index is 0.0286. The summed E-state index contributed by atoms with van der Waals surface area (Å²) in [6.07, 6.45) is 0.358. The smallest absolute Gasteiger partial charge is 0.239 e. The van der Waals surface area contributed by atoms with Crippen LogP contribution in [0.5, 0.6) is 11.5 Å². The van der Waals surface area contributed by atoms with E-state index in [2.05, 4.69) is 26.6 Å². The van der Waals surface area contributed by atoms with Crippen molar-refractivity contribution < 1.29 is 19.1 Å². The Morgan fingerprint density at radius 1 is 1.23 bits per heavy atom. The lowest BCUT2D eigenvalue weighted by Gasteiger charge is -2.22. The van der Waals surface area contributed by atoms with Gasteiger partial charge < -0.3 is 20.1 Å². The molecule has 0 aliphatic carbocycles. The van der Waals surface area contributed by atoms with Crippen LogP contribution in [0.3, 0.4) is 0 Å². The Labute approximate surface area is 137 Å². The highest BCUT2D eigenvalue weighted by atomic mass is 79.9. The first-order valence-corrected chi connectivity index (χ1v) is 7.95. The predicted octanol–water partition coefficient (Wildman–Crippen LogP) is 1.92. The molecular formula is C15H19BrN2O4. The van der Waals surface area contributed by atoms with Gasteiger partial charge in [0, 0.05) is 10.9 Å². The van der Waals surface area contributed by atoms with Crippen LogP contribution in [0, 0.1) is 0 Å². The molecule has 2 N–H and O–H groups in total. The molecule has 120 valence electrons. The van der Waals surface area contributed by atoms with Crippen LogP contribution in [0.2, 0.25) is 0 Å². The Hall–Kier alpha value is -1.76. The number of hydrogen-bond acceptors (Lipinski definition) is 4. The van der Waals surface area contributed by atoms with Crippen molar-refractivity contribution in [3.8, 4) is 11.5 Å². The first kappa shape index (κ1) is 16.6. The number of carbonyl (C=O) groups excluding carboxylic acids is 2. The first-order valence-electron chi connectivity index (χ1n) is 7.16. The summed E-state index contributed by atoms with van der Waals surface area (Å²) < 4.78 is 11.9. The van der Waals surface area contributed by atoms with Crippen LogP contribution in [-0.4, -0.2) is 31.6 Å². The molecule has 1 aromatic carbocycles. The van der Waals surface area contributed by atoms with Crippen LogP contribution < -0.4 is 20.1 Å². The Bertz CT molecular complexity index is 577. The SMILES string of the molecule is CCC(=O)NCC(=O)N[C@@H](C)c1cc2c(cc1Br)OCCO2. The summed E-state index contributed by atoms with van der Waals surface area (Å²) in [5.74, 6) is 0.972. The van der Waals surface area contributed by atoms with E-state index in [9.17, 15) is 9.59 Å². The summed E-state index contributed by atoms with van der Waals surface area (Å²) in [4.78, 5) is 23.0. The van der Waals surface area contributed by atoms with Gasteiger partial charge in [0.25, 0.3) is 0 Å². The van der Waals surface area contributed by atoms with Gasteiger partial charge in [-0.15, -0.1) is 0 Å². The molecule has 0 saturated carbocycles. The van der Waals surface area contributed by atoms with Gasteiger partial charge in [-0.1, -0.05) is 22.9 Å². The van der Waals surface area contributed by atoms with Crippen molar-refractivity contribution in [1.82, 2.24) is 10.6 Å². The largest absolute Gasteiger partial charge is 0.486 e. The highest BCUT2D eigenvalue weighted by Crippen LogP contribution is 2.37. The van der Waals surface area contributed by atoms with Crippen LogP contribution in [0.25, 0.3) is 0 Å². The molecule has 0 fully saturated rings. The number of ether oxygens (including phenoxy) is 2. The van der Waals surface area contributed by atoms with Gasteiger partial charge in [0.1, 0.15) is 13.2 Å². The number of rotatable bonds is 5. The molecule has 7 heteroatoms. The van der Waals surface area contributed by atoms with E-state index in [1.54, 1.807) is 6.92 Å². The maximum absolute atomic E-state index is 11.9. The zero-order valence-corrected chi connectivity index (χ0v) is 14.2. The quantitative estimate of drug-likeness (QED) is 0.829. The fourth-order valence-electron chi connectivity index (χ4n) is 2.09. The van der Waals surface area contributed by atoms with E-state index in [0.717, 1.165) is 10.0 Å². The molecule has 2 amide bonds. The molecule has 22 heavy (non-hydrogen) atoms. The monoisotopic (exact) mass is 370 g/mol. The van der Waals surface area contributed by atoms with Gasteiger partial charge in [-0.05, 0) is 24.6 Å². The van der Waals surface area contributed by atoms with Crippen molar-refractivity contribution in [2.45, 2.75) is 26.3 Å². The van der Waals surface area contributed by atoms with E-state index < -0.39 is 0 Å². The third kappa shape index (κ3) is 4.13. The average Bonchev–Trinajstić information content (AvgIpc) is 2.51. The van der Waals surface area contributed by atoms with Crippen molar-refractivity contribution >= 4 is 27.7 Å². The number of nitrogens with one attached hydrogen (secondary N) is 2. The van der Waals surface area contributed by atoms with Crippen molar-refractivity contribution in [3.63, 3.8) is 0 Å². The lowest BCUT2D eigenvalue weighted by Crippen LogP contribution is -2.37. The number of amides is 2. The van der Waals surface area contributed by atoms with Crippen LogP contribution >= 0.6 is 15.9 Å². The van der Waals surface area contributed by atoms with Crippen molar-refractivity contribution in [1.29, 1.82) is 0 Å². The Balaban J connectivity index is 2.01. The molecule has 1 atom stereocenters. The highest BCUT2D eigenvalue weighted by molar-refractivity contribution is 9.10. The predicted molar refractivity (Wildman–Crippen MR) is 85.0 cm³/mol. The molecule has 0 radical (unpaired) electrons. The lowest BCUT2D eigenvalue weighted by atomic mass is 10.1. The minimum atomic E-state index is -0.240. The minimum Gasteiger partial charge on any atom is -0.486 e. The second-order valence-electron chi connectivity index (χ2n) is 4.94. The summed E-state index contributed by atoms with van der Waals surface area (Å²) in [7, 11) is 0. The van der Waals surface area contributed by atoms with Gasteiger partial charge in [0.05, 0.1) is 12.6 Å². The van der Waals surface area contributed by atoms with Gasteiger partial charge >= 0.3 is 0 Å². The molecule has 1 heterocycles. The third-order valence-corrected chi connectivity index (χ3v) is 3.96. The maximum atomic E-state index is 11.9. The normalized spacial score (nSPS) is 14.1. The van der Waals surface area contributed by atoms with Crippen molar-refractivity contribution in [3.05, 3.63) is 22.2 Å². The molecule has 1 aliphatic rings. The standard InChI is InChI=1S/C15H19BrN2O4/c1-3-14(19)17-8-15(20)18-9(2)10-6-12-13(7-11(10)16)22-5-4-21-12/h6-7,9H,3-5,8H2,1-2H3,(H,17,19)(H,18,20)/t9-/m0/s1. The second kappa shape index (κ2) is 7.49. The number of carbonyl (C=O) groups is 2. The second-order valence-corrected chi connectivity index (χ2v) is 5.79. The molecule has 0 bridgehead atoms. The summed E-state index contributed by atoms with van der Waals surface area (Å²) in [5, 5.41) is 5.39. The van der Waals surface area contributed by atoms with Gasteiger partial charge in [0.15, 0.2) is 11.5 Å². The zero-order valence-electron chi connectivity index (χ0n) is 12.6. The van der Waals surface area contributed by atoms with E-state index in [0.29, 0.717) is 31.1 Å². The first-order chi connectivity index (χ1) is 10.5. The molecule has 6 nitrogen and oxygen atoms in total. The highest BCUT2D eigenvalue weighted by Gasteiger charge is 2.19. The number of halogens is 1. The van der Waals surface area contributed by atoms with Crippen LogP contribution in [-0.2, 0) is 9.59 Å². The maximum Gasteiger partial charge on any atom is 0.239 e. The summed E-state index contributed by atoms with van der Waals surface area (Å²) in [6, 6.07) is 3.47. The Morgan fingerprint density at radius 3 is 2.50 bits per heavy atom. The average molecular weight is 371 g/mol.